The molecule has 4 nitrogen and oxygen atoms in total. The number of fused-ring (bicyclic) bond motifs is 9. The topological polar surface area (TPSA) is 27.4 Å². The van der Waals surface area contributed by atoms with Gasteiger partial charge in [-0.1, -0.05) is 109 Å². The molecule has 11 aromatic rings. The van der Waals surface area contributed by atoms with Gasteiger partial charge in [-0.25, -0.2) is 4.85 Å². The summed E-state index contributed by atoms with van der Waals surface area (Å²) in [5.74, 6) is 0. The summed E-state index contributed by atoms with van der Waals surface area (Å²) in [6.07, 6.45) is 0. The molecule has 0 aliphatic rings. The van der Waals surface area contributed by atoms with Gasteiger partial charge in [0.15, 0.2) is 5.69 Å². The SMILES string of the molecule is [C-]#[N+]c1ccc(-c2cc(-c3ccc4c(c3)c3ccccc3n4-c3cccc4oc5ccccc5c34)cc(-n3c4ccccc4c4ccccc43)c2)cc1. The first-order chi connectivity index (χ1) is 26.2. The van der Waals surface area contributed by atoms with Crippen molar-refractivity contribution in [1.82, 2.24) is 9.13 Å². The van der Waals surface area contributed by atoms with E-state index < -0.39 is 0 Å². The van der Waals surface area contributed by atoms with E-state index in [-0.39, 0.29) is 0 Å². The molecule has 0 amide bonds. The van der Waals surface area contributed by atoms with Crippen molar-refractivity contribution in [2.45, 2.75) is 0 Å². The van der Waals surface area contributed by atoms with Crippen LogP contribution in [-0.2, 0) is 0 Å². The summed E-state index contributed by atoms with van der Waals surface area (Å²) in [4.78, 5) is 3.64. The van der Waals surface area contributed by atoms with E-state index in [2.05, 4.69) is 166 Å². The van der Waals surface area contributed by atoms with Crippen molar-refractivity contribution < 1.29 is 4.42 Å². The lowest BCUT2D eigenvalue weighted by atomic mass is 9.96. The fraction of sp³-hybridized carbons (Fsp3) is 0. The number of benzene rings is 8. The summed E-state index contributed by atoms with van der Waals surface area (Å²) in [5, 5.41) is 7.06. The Morgan fingerprint density at radius 1 is 0.396 bits per heavy atom. The van der Waals surface area contributed by atoms with E-state index >= 15 is 0 Å². The third-order valence-electron chi connectivity index (χ3n) is 10.7. The average molecular weight is 676 g/mol. The van der Waals surface area contributed by atoms with Crippen LogP contribution in [-0.4, -0.2) is 9.13 Å². The van der Waals surface area contributed by atoms with E-state index in [9.17, 15) is 0 Å². The summed E-state index contributed by atoms with van der Waals surface area (Å²) >= 11 is 0. The number of nitrogens with zero attached hydrogens (tertiary/aromatic N) is 3. The second kappa shape index (κ2) is 11.3. The van der Waals surface area contributed by atoms with E-state index in [0.29, 0.717) is 5.69 Å². The lowest BCUT2D eigenvalue weighted by Gasteiger charge is -2.14. The van der Waals surface area contributed by atoms with Gasteiger partial charge in [-0.05, 0) is 89.0 Å². The number of rotatable bonds is 4. The highest BCUT2D eigenvalue weighted by Crippen LogP contribution is 2.41. The summed E-state index contributed by atoms with van der Waals surface area (Å²) in [6, 6.07) is 62.2. The molecule has 0 aliphatic heterocycles. The van der Waals surface area contributed by atoms with Crippen molar-refractivity contribution >= 4 is 71.2 Å². The van der Waals surface area contributed by atoms with Gasteiger partial charge in [0.2, 0.25) is 0 Å². The third-order valence-corrected chi connectivity index (χ3v) is 10.7. The molecule has 0 radical (unpaired) electrons. The van der Waals surface area contributed by atoms with Crippen molar-refractivity contribution in [3.63, 3.8) is 0 Å². The van der Waals surface area contributed by atoms with Gasteiger partial charge in [-0.3, -0.25) is 0 Å². The van der Waals surface area contributed by atoms with Crippen LogP contribution in [0.1, 0.15) is 0 Å². The first kappa shape index (κ1) is 29.4. The second-order valence-corrected chi connectivity index (χ2v) is 13.6. The molecule has 0 N–H and O–H groups in total. The maximum atomic E-state index is 7.51. The Hall–Kier alpha value is -7.35. The lowest BCUT2D eigenvalue weighted by molar-refractivity contribution is 0.669. The second-order valence-electron chi connectivity index (χ2n) is 13.6. The molecule has 53 heavy (non-hydrogen) atoms. The third kappa shape index (κ3) is 4.41. The van der Waals surface area contributed by atoms with Gasteiger partial charge < -0.3 is 13.6 Å². The Balaban J connectivity index is 1.17. The van der Waals surface area contributed by atoms with Gasteiger partial charge in [0.1, 0.15) is 11.2 Å². The molecule has 246 valence electrons. The number of hydrogen-bond acceptors (Lipinski definition) is 1. The van der Waals surface area contributed by atoms with Crippen molar-refractivity contribution in [1.29, 1.82) is 0 Å². The van der Waals surface area contributed by atoms with Gasteiger partial charge in [-0.2, -0.15) is 0 Å². The molecule has 0 spiro atoms. The maximum absolute atomic E-state index is 7.51. The van der Waals surface area contributed by atoms with E-state index in [4.69, 9.17) is 11.0 Å². The molecule has 0 unspecified atom stereocenters. The van der Waals surface area contributed by atoms with Crippen LogP contribution < -0.4 is 0 Å². The first-order valence-electron chi connectivity index (χ1n) is 17.8. The quantitative estimate of drug-likeness (QED) is 0.171. The highest BCUT2D eigenvalue weighted by Gasteiger charge is 2.19. The first-order valence-corrected chi connectivity index (χ1v) is 17.8. The highest BCUT2D eigenvalue weighted by molar-refractivity contribution is 6.15. The Kier molecular flexibility index (Phi) is 6.28. The Morgan fingerprint density at radius 3 is 1.64 bits per heavy atom. The molecule has 4 heteroatoms. The van der Waals surface area contributed by atoms with Crippen LogP contribution in [0.25, 0.3) is 104 Å². The summed E-state index contributed by atoms with van der Waals surface area (Å²) in [5.41, 5.74) is 13.6. The molecule has 11 rings (SSSR count). The molecule has 0 atom stereocenters. The van der Waals surface area contributed by atoms with Crippen molar-refractivity contribution in [2.24, 2.45) is 0 Å². The minimum Gasteiger partial charge on any atom is -0.456 e. The van der Waals surface area contributed by atoms with Crippen LogP contribution in [0.15, 0.2) is 180 Å². The Morgan fingerprint density at radius 2 is 0.943 bits per heavy atom. The lowest BCUT2D eigenvalue weighted by Crippen LogP contribution is -1.96. The Bertz CT molecular complexity index is 3240. The van der Waals surface area contributed by atoms with Gasteiger partial charge in [-0.15, -0.1) is 0 Å². The molecular weight excluding hydrogens is 647 g/mol. The largest absolute Gasteiger partial charge is 0.456 e. The number of aromatic nitrogens is 2. The summed E-state index contributed by atoms with van der Waals surface area (Å²) in [6.45, 7) is 7.51. The number of furan rings is 1. The molecule has 0 fully saturated rings. The van der Waals surface area contributed by atoms with Gasteiger partial charge in [0.25, 0.3) is 0 Å². The molecule has 0 saturated heterocycles. The minimum atomic E-state index is 0.633. The zero-order chi connectivity index (χ0) is 35.0. The van der Waals surface area contributed by atoms with Crippen LogP contribution >= 0.6 is 0 Å². The number of hydrogen-bond donors (Lipinski definition) is 0. The molecule has 3 heterocycles. The molecule has 8 aromatic carbocycles. The summed E-state index contributed by atoms with van der Waals surface area (Å²) in [7, 11) is 0. The number of para-hydroxylation sites is 4. The van der Waals surface area contributed by atoms with Crippen LogP contribution in [0.5, 0.6) is 0 Å². The Labute approximate surface area is 304 Å². The molecule has 0 bridgehead atoms. The predicted octanol–water partition coefficient (Wildman–Crippen LogP) is 13.7. The highest BCUT2D eigenvalue weighted by atomic mass is 16.3. The van der Waals surface area contributed by atoms with Crippen molar-refractivity contribution in [3.05, 3.63) is 187 Å². The smallest absolute Gasteiger partial charge is 0.187 e. The van der Waals surface area contributed by atoms with E-state index in [1.807, 2.05) is 24.3 Å². The van der Waals surface area contributed by atoms with E-state index in [1.165, 1.54) is 32.6 Å². The monoisotopic (exact) mass is 675 g/mol. The molecule has 0 aliphatic carbocycles. The predicted molar refractivity (Wildman–Crippen MR) is 220 cm³/mol. The molecular formula is C49H29N3O. The summed E-state index contributed by atoms with van der Waals surface area (Å²) < 4.78 is 11.1. The zero-order valence-corrected chi connectivity index (χ0v) is 28.5. The fourth-order valence-electron chi connectivity index (χ4n) is 8.36. The van der Waals surface area contributed by atoms with E-state index in [0.717, 1.165) is 66.6 Å². The van der Waals surface area contributed by atoms with Gasteiger partial charge in [0.05, 0.1) is 39.7 Å². The van der Waals surface area contributed by atoms with Crippen LogP contribution in [0, 0.1) is 6.57 Å². The molecule has 0 saturated carbocycles. The van der Waals surface area contributed by atoms with Crippen LogP contribution in [0.2, 0.25) is 0 Å². The fourth-order valence-corrected chi connectivity index (χ4v) is 8.36. The standard InChI is InChI=1S/C49H29N3O/c1-50-35-24-21-31(22-25-35)33-27-34(29-36(28-33)51-42-15-6-2-11-37(42)38-12-3-7-16-43(38)51)32-23-26-45-41(30-32)39-13-4-8-17-44(39)52(45)46-18-10-20-48-49(46)40-14-5-9-19-47(40)53-48/h2-30H. The maximum Gasteiger partial charge on any atom is 0.187 e. The average Bonchev–Trinajstić information content (AvgIpc) is 3.88. The van der Waals surface area contributed by atoms with Gasteiger partial charge in [0, 0.05) is 32.6 Å². The van der Waals surface area contributed by atoms with Crippen LogP contribution in [0.3, 0.4) is 0 Å². The minimum absolute atomic E-state index is 0.633. The normalized spacial score (nSPS) is 11.8. The van der Waals surface area contributed by atoms with Gasteiger partial charge >= 0.3 is 0 Å². The van der Waals surface area contributed by atoms with Crippen molar-refractivity contribution in [2.75, 3.05) is 0 Å². The van der Waals surface area contributed by atoms with Crippen LogP contribution in [0.4, 0.5) is 5.69 Å². The molecule has 3 aromatic heterocycles. The zero-order valence-electron chi connectivity index (χ0n) is 28.5. The van der Waals surface area contributed by atoms with Crippen molar-refractivity contribution in [3.8, 4) is 33.6 Å². The van der Waals surface area contributed by atoms with E-state index in [1.54, 1.807) is 0 Å².